The number of hydrogen-bond donors (Lipinski definition) is 1. The van der Waals surface area contributed by atoms with Crippen LogP contribution in [0.4, 0.5) is 0 Å². The topological polar surface area (TPSA) is 48.0 Å². The molecular formula is C9H16N2O. The number of nitrogens with zero attached hydrogens (tertiary/aromatic N) is 1. The SMILES string of the molecule is CC.CCn1ccc(C(N)=O)c1. The molecular weight excluding hydrogens is 152 g/mol. The summed E-state index contributed by atoms with van der Waals surface area (Å²) < 4.78 is 1.90. The molecule has 68 valence electrons. The van der Waals surface area contributed by atoms with E-state index in [9.17, 15) is 4.79 Å². The van der Waals surface area contributed by atoms with E-state index in [0.29, 0.717) is 5.56 Å². The fourth-order valence-electron chi connectivity index (χ4n) is 0.783. The molecule has 0 aliphatic rings. The van der Waals surface area contributed by atoms with Gasteiger partial charge in [-0.3, -0.25) is 4.79 Å². The number of aromatic nitrogens is 1. The Hall–Kier alpha value is -1.25. The van der Waals surface area contributed by atoms with Crippen LogP contribution >= 0.6 is 0 Å². The highest BCUT2D eigenvalue weighted by molar-refractivity contribution is 5.92. The van der Waals surface area contributed by atoms with Gasteiger partial charge in [0.1, 0.15) is 0 Å². The third-order valence-electron chi connectivity index (χ3n) is 1.40. The van der Waals surface area contributed by atoms with Crippen LogP contribution in [0.5, 0.6) is 0 Å². The van der Waals surface area contributed by atoms with Crippen LogP contribution in [0.15, 0.2) is 18.5 Å². The molecule has 0 saturated carbocycles. The molecule has 0 unspecified atom stereocenters. The lowest BCUT2D eigenvalue weighted by molar-refractivity contribution is 0.100. The molecule has 0 spiro atoms. The van der Waals surface area contributed by atoms with E-state index in [4.69, 9.17) is 5.73 Å². The van der Waals surface area contributed by atoms with E-state index in [0.717, 1.165) is 6.54 Å². The Kier molecular flexibility index (Phi) is 4.84. The van der Waals surface area contributed by atoms with Crippen molar-refractivity contribution in [2.75, 3.05) is 0 Å². The number of hydrogen-bond acceptors (Lipinski definition) is 1. The molecule has 12 heavy (non-hydrogen) atoms. The van der Waals surface area contributed by atoms with Gasteiger partial charge in [-0.05, 0) is 13.0 Å². The van der Waals surface area contributed by atoms with E-state index in [-0.39, 0.29) is 5.91 Å². The Morgan fingerprint density at radius 1 is 1.58 bits per heavy atom. The number of aryl methyl sites for hydroxylation is 1. The van der Waals surface area contributed by atoms with Crippen LogP contribution < -0.4 is 5.73 Å². The molecule has 3 heteroatoms. The highest BCUT2D eigenvalue weighted by Gasteiger charge is 1.99. The Balaban J connectivity index is 0.000000561. The van der Waals surface area contributed by atoms with Crippen LogP contribution in [-0.4, -0.2) is 10.5 Å². The third kappa shape index (κ3) is 2.78. The monoisotopic (exact) mass is 168 g/mol. The summed E-state index contributed by atoms with van der Waals surface area (Å²) in [4.78, 5) is 10.5. The average Bonchev–Trinajstić information content (AvgIpc) is 2.55. The molecule has 0 saturated heterocycles. The highest BCUT2D eigenvalue weighted by Crippen LogP contribution is 1.98. The Bertz CT molecular complexity index is 240. The summed E-state index contributed by atoms with van der Waals surface area (Å²) in [5.74, 6) is -0.368. The molecule has 2 N–H and O–H groups in total. The maximum Gasteiger partial charge on any atom is 0.250 e. The summed E-state index contributed by atoms with van der Waals surface area (Å²) in [6, 6.07) is 1.71. The highest BCUT2D eigenvalue weighted by atomic mass is 16.1. The number of amides is 1. The van der Waals surface area contributed by atoms with Crippen LogP contribution in [0, 0.1) is 0 Å². The average molecular weight is 168 g/mol. The molecule has 3 nitrogen and oxygen atoms in total. The van der Waals surface area contributed by atoms with Crippen molar-refractivity contribution in [3.63, 3.8) is 0 Å². The molecule has 0 bridgehead atoms. The fraction of sp³-hybridized carbons (Fsp3) is 0.444. The van der Waals surface area contributed by atoms with Gasteiger partial charge in [-0.2, -0.15) is 0 Å². The van der Waals surface area contributed by atoms with Crippen molar-refractivity contribution < 1.29 is 4.79 Å². The minimum Gasteiger partial charge on any atom is -0.366 e. The van der Waals surface area contributed by atoms with Crippen molar-refractivity contribution in [3.05, 3.63) is 24.0 Å². The minimum atomic E-state index is -0.368. The summed E-state index contributed by atoms with van der Waals surface area (Å²) in [6.45, 7) is 6.87. The first-order valence-corrected chi connectivity index (χ1v) is 4.19. The van der Waals surface area contributed by atoms with Gasteiger partial charge in [0.15, 0.2) is 0 Å². The predicted octanol–water partition coefficient (Wildman–Crippen LogP) is 1.63. The molecule has 1 aromatic heterocycles. The van der Waals surface area contributed by atoms with Crippen molar-refractivity contribution >= 4 is 5.91 Å². The number of carbonyl (C=O) groups is 1. The van der Waals surface area contributed by atoms with E-state index in [1.165, 1.54) is 0 Å². The van der Waals surface area contributed by atoms with E-state index < -0.39 is 0 Å². The van der Waals surface area contributed by atoms with E-state index >= 15 is 0 Å². The number of rotatable bonds is 2. The lowest BCUT2D eigenvalue weighted by atomic mass is 10.3. The first-order chi connectivity index (χ1) is 5.74. The second-order valence-corrected chi connectivity index (χ2v) is 2.09. The van der Waals surface area contributed by atoms with Gasteiger partial charge in [0.2, 0.25) is 5.91 Å². The zero-order chi connectivity index (χ0) is 9.56. The van der Waals surface area contributed by atoms with Crippen LogP contribution in [0.2, 0.25) is 0 Å². The molecule has 0 aliphatic heterocycles. The molecule has 0 atom stereocenters. The van der Waals surface area contributed by atoms with Gasteiger partial charge in [0.25, 0.3) is 0 Å². The van der Waals surface area contributed by atoms with Gasteiger partial charge in [-0.25, -0.2) is 0 Å². The largest absolute Gasteiger partial charge is 0.366 e. The smallest absolute Gasteiger partial charge is 0.250 e. The second kappa shape index (κ2) is 5.41. The minimum absolute atomic E-state index is 0.368. The lowest BCUT2D eigenvalue weighted by Crippen LogP contribution is -2.09. The summed E-state index contributed by atoms with van der Waals surface area (Å²) in [7, 11) is 0. The Morgan fingerprint density at radius 2 is 2.17 bits per heavy atom. The van der Waals surface area contributed by atoms with Crippen molar-refractivity contribution in [2.45, 2.75) is 27.3 Å². The van der Waals surface area contributed by atoms with Crippen molar-refractivity contribution in [2.24, 2.45) is 5.73 Å². The van der Waals surface area contributed by atoms with Crippen molar-refractivity contribution in [1.82, 2.24) is 4.57 Å². The first kappa shape index (κ1) is 10.8. The first-order valence-electron chi connectivity index (χ1n) is 4.19. The fourth-order valence-corrected chi connectivity index (χ4v) is 0.783. The van der Waals surface area contributed by atoms with E-state index in [2.05, 4.69) is 0 Å². The summed E-state index contributed by atoms with van der Waals surface area (Å²) >= 11 is 0. The molecule has 1 amide bonds. The van der Waals surface area contributed by atoms with Crippen molar-refractivity contribution in [1.29, 1.82) is 0 Å². The standard InChI is InChI=1S/C7H10N2O.C2H6/c1-2-9-4-3-6(5-9)7(8)10;1-2/h3-5H,2H2,1H3,(H2,8,10);1-2H3. The number of carbonyl (C=O) groups excluding carboxylic acids is 1. The number of primary amides is 1. The molecule has 1 aromatic rings. The Labute approximate surface area is 73.2 Å². The predicted molar refractivity (Wildman–Crippen MR) is 50.0 cm³/mol. The second-order valence-electron chi connectivity index (χ2n) is 2.09. The van der Waals surface area contributed by atoms with Crippen LogP contribution in [-0.2, 0) is 6.54 Å². The van der Waals surface area contributed by atoms with Crippen molar-refractivity contribution in [3.8, 4) is 0 Å². The van der Waals surface area contributed by atoms with Crippen LogP contribution in [0.25, 0.3) is 0 Å². The lowest BCUT2D eigenvalue weighted by Gasteiger charge is -1.91. The maximum absolute atomic E-state index is 10.5. The van der Waals surface area contributed by atoms with Gasteiger partial charge in [0, 0.05) is 18.9 Å². The molecule has 1 rings (SSSR count). The summed E-state index contributed by atoms with van der Waals surface area (Å²) in [5, 5.41) is 0. The van der Waals surface area contributed by atoms with Gasteiger partial charge < -0.3 is 10.3 Å². The quantitative estimate of drug-likeness (QED) is 0.716. The summed E-state index contributed by atoms with van der Waals surface area (Å²) in [6.07, 6.45) is 3.57. The van der Waals surface area contributed by atoms with Crippen LogP contribution in [0.1, 0.15) is 31.1 Å². The molecule has 0 fully saturated rings. The third-order valence-corrected chi connectivity index (χ3v) is 1.40. The van der Waals surface area contributed by atoms with E-state index in [1.54, 1.807) is 12.3 Å². The molecule has 0 radical (unpaired) electrons. The van der Waals surface area contributed by atoms with Gasteiger partial charge in [-0.1, -0.05) is 13.8 Å². The van der Waals surface area contributed by atoms with E-state index in [1.807, 2.05) is 31.5 Å². The Morgan fingerprint density at radius 3 is 2.42 bits per heavy atom. The number of nitrogens with two attached hydrogens (primary N) is 1. The maximum atomic E-state index is 10.5. The zero-order valence-electron chi connectivity index (χ0n) is 7.87. The van der Waals surface area contributed by atoms with Gasteiger partial charge >= 0.3 is 0 Å². The normalized spacial score (nSPS) is 8.58. The molecule has 0 aliphatic carbocycles. The molecule has 1 heterocycles. The van der Waals surface area contributed by atoms with Gasteiger partial charge in [0.05, 0.1) is 5.56 Å². The van der Waals surface area contributed by atoms with Gasteiger partial charge in [-0.15, -0.1) is 0 Å². The molecule has 0 aromatic carbocycles. The van der Waals surface area contributed by atoms with Crippen LogP contribution in [0.3, 0.4) is 0 Å². The summed E-state index contributed by atoms with van der Waals surface area (Å²) in [5.41, 5.74) is 5.60. The zero-order valence-corrected chi connectivity index (χ0v) is 7.87.